The molecule has 0 aliphatic carbocycles. The monoisotopic (exact) mass is 165 g/mol. The molecule has 0 amide bonds. The Bertz CT molecular complexity index is 168. The Labute approximate surface area is 75.6 Å². The summed E-state index contributed by atoms with van der Waals surface area (Å²) in [6, 6.07) is 0. The number of hydrogen-bond donors (Lipinski definition) is 0. The van der Waals surface area contributed by atoms with Crippen LogP contribution in [0.1, 0.15) is 45.4 Å². The van der Waals surface area contributed by atoms with Crippen LogP contribution in [-0.2, 0) is 0 Å². The van der Waals surface area contributed by atoms with Gasteiger partial charge in [-0.15, -0.1) is 0 Å². The lowest BCUT2D eigenvalue weighted by Crippen LogP contribution is -1.94. The Morgan fingerprint density at radius 2 is 1.83 bits per heavy atom. The van der Waals surface area contributed by atoms with Crippen molar-refractivity contribution in [3.8, 4) is 0 Å². The minimum absolute atomic E-state index is 1.04. The van der Waals surface area contributed by atoms with Crippen LogP contribution in [0.4, 0.5) is 0 Å². The van der Waals surface area contributed by atoms with E-state index in [2.05, 4.69) is 24.1 Å². The van der Waals surface area contributed by atoms with Gasteiger partial charge in [-0.1, -0.05) is 25.3 Å². The smallest absolute Gasteiger partial charge is 0.0392 e. The van der Waals surface area contributed by atoms with Crippen molar-refractivity contribution in [3.63, 3.8) is 0 Å². The third kappa shape index (κ3) is 3.70. The van der Waals surface area contributed by atoms with Crippen molar-refractivity contribution >= 4 is 5.71 Å². The molecule has 0 aromatic carbocycles. The summed E-state index contributed by atoms with van der Waals surface area (Å²) in [5.41, 5.74) is 1.31. The lowest BCUT2D eigenvalue weighted by Gasteiger charge is -1.97. The van der Waals surface area contributed by atoms with E-state index in [1.807, 2.05) is 0 Å². The van der Waals surface area contributed by atoms with Crippen molar-refractivity contribution in [2.24, 2.45) is 4.99 Å². The molecule has 12 heavy (non-hydrogen) atoms. The Morgan fingerprint density at radius 3 is 2.67 bits per heavy atom. The molecule has 68 valence electrons. The van der Waals surface area contributed by atoms with Gasteiger partial charge < -0.3 is 0 Å². The minimum Gasteiger partial charge on any atom is -0.290 e. The highest BCUT2D eigenvalue weighted by Gasteiger charge is 1.98. The van der Waals surface area contributed by atoms with Gasteiger partial charge in [0.05, 0.1) is 0 Å². The first-order valence-corrected chi connectivity index (χ1v) is 5.09. The van der Waals surface area contributed by atoms with Gasteiger partial charge in [-0.3, -0.25) is 4.99 Å². The fraction of sp³-hybridized carbons (Fsp3) is 0.727. The number of aliphatic imine (C=N–C) groups is 1. The van der Waals surface area contributed by atoms with Gasteiger partial charge in [-0.05, 0) is 32.3 Å². The number of hydrogen-bond acceptors (Lipinski definition) is 1. The third-order valence-corrected chi connectivity index (χ3v) is 2.26. The first kappa shape index (κ1) is 9.50. The molecule has 0 saturated heterocycles. The van der Waals surface area contributed by atoms with Crippen LogP contribution in [0.2, 0.25) is 0 Å². The number of allylic oxidation sites excluding steroid dienone is 2. The second-order valence-electron chi connectivity index (χ2n) is 3.39. The zero-order valence-corrected chi connectivity index (χ0v) is 8.05. The molecule has 1 aliphatic rings. The van der Waals surface area contributed by atoms with E-state index < -0.39 is 0 Å². The average Bonchev–Trinajstić information content (AvgIpc) is 2.19. The maximum Gasteiger partial charge on any atom is 0.0392 e. The molecule has 0 atom stereocenters. The fourth-order valence-electron chi connectivity index (χ4n) is 1.58. The van der Waals surface area contributed by atoms with Crippen molar-refractivity contribution in [3.05, 3.63) is 12.2 Å². The third-order valence-electron chi connectivity index (χ3n) is 2.26. The summed E-state index contributed by atoms with van der Waals surface area (Å²) in [6.07, 6.45) is 12.2. The predicted molar refractivity (Wildman–Crippen MR) is 54.8 cm³/mol. The Kier molecular flexibility index (Phi) is 4.74. The van der Waals surface area contributed by atoms with Crippen LogP contribution < -0.4 is 0 Å². The summed E-state index contributed by atoms with van der Waals surface area (Å²) >= 11 is 0. The topological polar surface area (TPSA) is 12.4 Å². The van der Waals surface area contributed by atoms with Crippen molar-refractivity contribution in [1.29, 1.82) is 0 Å². The summed E-state index contributed by atoms with van der Waals surface area (Å²) in [5.74, 6) is 0. The van der Waals surface area contributed by atoms with E-state index >= 15 is 0 Å². The molecule has 0 bridgehead atoms. The van der Waals surface area contributed by atoms with Crippen LogP contribution in [0.3, 0.4) is 0 Å². The lowest BCUT2D eigenvalue weighted by atomic mass is 10.1. The first-order valence-electron chi connectivity index (χ1n) is 5.09. The Hall–Kier alpha value is -0.590. The van der Waals surface area contributed by atoms with Gasteiger partial charge in [0.25, 0.3) is 0 Å². The Morgan fingerprint density at radius 1 is 1.08 bits per heavy atom. The van der Waals surface area contributed by atoms with Gasteiger partial charge in [0.1, 0.15) is 0 Å². The molecular formula is C11H19N. The molecular weight excluding hydrogens is 146 g/mol. The van der Waals surface area contributed by atoms with Gasteiger partial charge in [-0.25, -0.2) is 0 Å². The molecule has 0 aromatic rings. The standard InChI is InChI=1S/C11H19N/c1-2-8-11-9-6-4-3-5-7-10-12-11/h2,8H,3-7,9-10H2,1H3/b8-2+,12-11?. The normalized spacial score (nSPS) is 21.2. The lowest BCUT2D eigenvalue weighted by molar-refractivity contribution is 0.639. The zero-order chi connectivity index (χ0) is 8.65. The van der Waals surface area contributed by atoms with Crippen LogP contribution in [-0.4, -0.2) is 12.3 Å². The van der Waals surface area contributed by atoms with Gasteiger partial charge in [-0.2, -0.15) is 0 Å². The molecule has 0 aromatic heterocycles. The van der Waals surface area contributed by atoms with Crippen LogP contribution in [0.25, 0.3) is 0 Å². The highest BCUT2D eigenvalue weighted by Crippen LogP contribution is 2.10. The summed E-state index contributed by atoms with van der Waals surface area (Å²) in [7, 11) is 0. The van der Waals surface area contributed by atoms with E-state index in [1.165, 1.54) is 44.2 Å². The second-order valence-corrected chi connectivity index (χ2v) is 3.39. The minimum atomic E-state index is 1.04. The molecule has 0 fully saturated rings. The average molecular weight is 165 g/mol. The summed E-state index contributed by atoms with van der Waals surface area (Å²) in [4.78, 5) is 4.56. The maximum atomic E-state index is 4.56. The highest BCUT2D eigenvalue weighted by molar-refractivity contribution is 5.94. The second kappa shape index (κ2) is 5.99. The molecule has 0 unspecified atom stereocenters. The molecule has 1 aliphatic heterocycles. The van der Waals surface area contributed by atoms with Gasteiger partial charge in [0.2, 0.25) is 0 Å². The van der Waals surface area contributed by atoms with Gasteiger partial charge in [0, 0.05) is 12.3 Å². The van der Waals surface area contributed by atoms with Crippen molar-refractivity contribution in [2.75, 3.05) is 6.54 Å². The van der Waals surface area contributed by atoms with E-state index in [0.29, 0.717) is 0 Å². The SMILES string of the molecule is C/C=C/C1=NCCCCCCC1. The van der Waals surface area contributed by atoms with E-state index in [1.54, 1.807) is 0 Å². The van der Waals surface area contributed by atoms with Crippen LogP contribution in [0, 0.1) is 0 Å². The quantitative estimate of drug-likeness (QED) is 0.565. The maximum absolute atomic E-state index is 4.56. The summed E-state index contributed by atoms with van der Waals surface area (Å²) < 4.78 is 0. The van der Waals surface area contributed by atoms with Crippen LogP contribution in [0.15, 0.2) is 17.1 Å². The van der Waals surface area contributed by atoms with E-state index in [0.717, 1.165) is 6.54 Å². The highest BCUT2D eigenvalue weighted by atomic mass is 14.7. The molecule has 1 rings (SSSR count). The molecule has 1 nitrogen and oxygen atoms in total. The molecule has 0 spiro atoms. The van der Waals surface area contributed by atoms with E-state index in [9.17, 15) is 0 Å². The molecule has 0 radical (unpaired) electrons. The zero-order valence-electron chi connectivity index (χ0n) is 8.05. The van der Waals surface area contributed by atoms with Crippen molar-refractivity contribution < 1.29 is 0 Å². The number of nitrogens with zero attached hydrogens (tertiary/aromatic N) is 1. The fourth-order valence-corrected chi connectivity index (χ4v) is 1.58. The molecule has 1 heterocycles. The van der Waals surface area contributed by atoms with Gasteiger partial charge in [0.15, 0.2) is 0 Å². The largest absolute Gasteiger partial charge is 0.290 e. The van der Waals surface area contributed by atoms with E-state index in [-0.39, 0.29) is 0 Å². The van der Waals surface area contributed by atoms with Crippen molar-refractivity contribution in [2.45, 2.75) is 45.4 Å². The molecule has 1 heteroatoms. The van der Waals surface area contributed by atoms with Crippen molar-refractivity contribution in [1.82, 2.24) is 0 Å². The van der Waals surface area contributed by atoms with Crippen LogP contribution >= 0.6 is 0 Å². The summed E-state index contributed by atoms with van der Waals surface area (Å²) in [5, 5.41) is 0. The summed E-state index contributed by atoms with van der Waals surface area (Å²) in [6.45, 7) is 3.11. The first-order chi connectivity index (χ1) is 5.93. The molecule has 0 saturated carbocycles. The van der Waals surface area contributed by atoms with Crippen LogP contribution in [0.5, 0.6) is 0 Å². The Balaban J connectivity index is 2.43. The predicted octanol–water partition coefficient (Wildman–Crippen LogP) is 3.36. The van der Waals surface area contributed by atoms with Gasteiger partial charge >= 0.3 is 0 Å². The molecule has 0 N–H and O–H groups in total. The number of rotatable bonds is 1. The van der Waals surface area contributed by atoms with E-state index in [4.69, 9.17) is 0 Å².